The molecule has 94 valence electrons. The monoisotopic (exact) mass is 232 g/mol. The van der Waals surface area contributed by atoms with Crippen molar-refractivity contribution in [3.05, 3.63) is 29.6 Å². The molecule has 1 saturated carbocycles. The molecule has 1 atom stereocenters. The Morgan fingerprint density at radius 2 is 2.24 bits per heavy atom. The van der Waals surface area contributed by atoms with Crippen LogP contribution in [0.1, 0.15) is 56.8 Å². The fourth-order valence-electron chi connectivity index (χ4n) is 2.59. The summed E-state index contributed by atoms with van der Waals surface area (Å²) >= 11 is 0. The zero-order valence-electron chi connectivity index (χ0n) is 11.1. The summed E-state index contributed by atoms with van der Waals surface area (Å²) in [6, 6.07) is 4.77. The normalized spacial score (nSPS) is 17.8. The van der Waals surface area contributed by atoms with E-state index in [-0.39, 0.29) is 0 Å². The molecule has 1 aliphatic rings. The van der Waals surface area contributed by atoms with Gasteiger partial charge < -0.3 is 5.32 Å². The van der Waals surface area contributed by atoms with Crippen LogP contribution in [0.3, 0.4) is 0 Å². The fraction of sp³-hybridized carbons (Fsp3) is 0.667. The largest absolute Gasteiger partial charge is 0.308 e. The summed E-state index contributed by atoms with van der Waals surface area (Å²) < 4.78 is 0. The van der Waals surface area contributed by atoms with E-state index in [2.05, 4.69) is 36.3 Å². The minimum absolute atomic E-state index is 0.486. The SMILES string of the molecule is CCCNC(c1ncccc1CC)C1CCC1. The molecule has 2 nitrogen and oxygen atoms in total. The molecule has 0 amide bonds. The van der Waals surface area contributed by atoms with Crippen molar-refractivity contribution in [2.75, 3.05) is 6.54 Å². The van der Waals surface area contributed by atoms with E-state index >= 15 is 0 Å². The molecular weight excluding hydrogens is 208 g/mol. The average molecular weight is 232 g/mol. The van der Waals surface area contributed by atoms with Gasteiger partial charge >= 0.3 is 0 Å². The van der Waals surface area contributed by atoms with E-state index in [1.807, 2.05) is 6.20 Å². The molecule has 1 aromatic heterocycles. The molecule has 1 aliphatic carbocycles. The lowest BCUT2D eigenvalue weighted by Crippen LogP contribution is -2.34. The van der Waals surface area contributed by atoms with Gasteiger partial charge in [-0.05, 0) is 49.8 Å². The van der Waals surface area contributed by atoms with Crippen LogP contribution in [0.4, 0.5) is 0 Å². The zero-order chi connectivity index (χ0) is 12.1. The molecule has 1 fully saturated rings. The molecule has 0 saturated heterocycles. The van der Waals surface area contributed by atoms with Crippen LogP contribution in [0.25, 0.3) is 0 Å². The van der Waals surface area contributed by atoms with E-state index in [1.165, 1.54) is 36.9 Å². The summed E-state index contributed by atoms with van der Waals surface area (Å²) in [7, 11) is 0. The zero-order valence-corrected chi connectivity index (χ0v) is 11.1. The maximum atomic E-state index is 4.64. The molecule has 0 aromatic carbocycles. The van der Waals surface area contributed by atoms with E-state index in [0.29, 0.717) is 6.04 Å². The van der Waals surface area contributed by atoms with Crippen molar-refractivity contribution in [3.63, 3.8) is 0 Å². The van der Waals surface area contributed by atoms with Crippen LogP contribution in [0.5, 0.6) is 0 Å². The van der Waals surface area contributed by atoms with Crippen LogP contribution >= 0.6 is 0 Å². The molecule has 1 unspecified atom stereocenters. The third-order valence-corrected chi connectivity index (χ3v) is 3.84. The summed E-state index contributed by atoms with van der Waals surface area (Å²) in [5, 5.41) is 3.70. The summed E-state index contributed by atoms with van der Waals surface area (Å²) in [6.45, 7) is 5.54. The van der Waals surface area contributed by atoms with Gasteiger partial charge in [0.2, 0.25) is 0 Å². The lowest BCUT2D eigenvalue weighted by Gasteiger charge is -2.35. The van der Waals surface area contributed by atoms with Crippen LogP contribution < -0.4 is 5.32 Å². The number of hydrogen-bond acceptors (Lipinski definition) is 2. The summed E-state index contributed by atoms with van der Waals surface area (Å²) in [5.74, 6) is 0.807. The number of nitrogens with zero attached hydrogens (tertiary/aromatic N) is 1. The molecular formula is C15H24N2. The number of hydrogen-bond donors (Lipinski definition) is 1. The first-order valence-corrected chi connectivity index (χ1v) is 7.04. The van der Waals surface area contributed by atoms with Gasteiger partial charge in [-0.25, -0.2) is 0 Å². The van der Waals surface area contributed by atoms with Crippen molar-refractivity contribution >= 4 is 0 Å². The third kappa shape index (κ3) is 2.86. The molecule has 1 N–H and O–H groups in total. The predicted molar refractivity (Wildman–Crippen MR) is 72.0 cm³/mol. The van der Waals surface area contributed by atoms with Gasteiger partial charge in [0.1, 0.15) is 0 Å². The van der Waals surface area contributed by atoms with Crippen LogP contribution in [-0.2, 0) is 6.42 Å². The summed E-state index contributed by atoms with van der Waals surface area (Å²) in [4.78, 5) is 4.64. The quantitative estimate of drug-likeness (QED) is 0.812. The van der Waals surface area contributed by atoms with Crippen molar-refractivity contribution in [1.82, 2.24) is 10.3 Å². The van der Waals surface area contributed by atoms with E-state index in [1.54, 1.807) is 0 Å². The Kier molecular flexibility index (Phi) is 4.55. The summed E-state index contributed by atoms with van der Waals surface area (Å²) in [5.41, 5.74) is 2.71. The maximum Gasteiger partial charge on any atom is 0.0607 e. The highest BCUT2D eigenvalue weighted by Crippen LogP contribution is 2.38. The maximum absolute atomic E-state index is 4.64. The average Bonchev–Trinajstić information content (AvgIpc) is 2.32. The van der Waals surface area contributed by atoms with Crippen molar-refractivity contribution < 1.29 is 0 Å². The fourth-order valence-corrected chi connectivity index (χ4v) is 2.59. The van der Waals surface area contributed by atoms with E-state index in [9.17, 15) is 0 Å². The predicted octanol–water partition coefficient (Wildman–Crippen LogP) is 3.48. The Morgan fingerprint density at radius 3 is 2.82 bits per heavy atom. The molecule has 1 aromatic rings. The van der Waals surface area contributed by atoms with Crippen LogP contribution in [0.15, 0.2) is 18.3 Å². The van der Waals surface area contributed by atoms with E-state index < -0.39 is 0 Å². The highest BCUT2D eigenvalue weighted by molar-refractivity contribution is 5.24. The second kappa shape index (κ2) is 6.15. The number of pyridine rings is 1. The first kappa shape index (κ1) is 12.6. The van der Waals surface area contributed by atoms with Crippen molar-refractivity contribution in [2.45, 2.75) is 52.0 Å². The smallest absolute Gasteiger partial charge is 0.0607 e. The minimum Gasteiger partial charge on any atom is -0.308 e. The first-order valence-electron chi connectivity index (χ1n) is 7.04. The highest BCUT2D eigenvalue weighted by Gasteiger charge is 2.29. The van der Waals surface area contributed by atoms with Crippen molar-refractivity contribution in [3.8, 4) is 0 Å². The number of aromatic nitrogens is 1. The topological polar surface area (TPSA) is 24.9 Å². The van der Waals surface area contributed by atoms with Crippen LogP contribution in [-0.4, -0.2) is 11.5 Å². The van der Waals surface area contributed by atoms with Gasteiger partial charge in [-0.1, -0.05) is 26.3 Å². The number of rotatable bonds is 6. The Bertz CT molecular complexity index is 345. The molecule has 0 radical (unpaired) electrons. The molecule has 1 heterocycles. The van der Waals surface area contributed by atoms with E-state index in [4.69, 9.17) is 0 Å². The van der Waals surface area contributed by atoms with E-state index in [0.717, 1.165) is 18.9 Å². The van der Waals surface area contributed by atoms with Gasteiger partial charge in [-0.15, -0.1) is 0 Å². The molecule has 0 spiro atoms. The van der Waals surface area contributed by atoms with Crippen LogP contribution in [0.2, 0.25) is 0 Å². The summed E-state index contributed by atoms with van der Waals surface area (Å²) in [6.07, 6.45) is 8.33. The first-order chi connectivity index (χ1) is 8.36. The second-order valence-electron chi connectivity index (χ2n) is 5.02. The lowest BCUT2D eigenvalue weighted by atomic mass is 9.77. The second-order valence-corrected chi connectivity index (χ2v) is 5.02. The van der Waals surface area contributed by atoms with Gasteiger partial charge in [-0.2, -0.15) is 0 Å². The van der Waals surface area contributed by atoms with Crippen molar-refractivity contribution in [2.24, 2.45) is 5.92 Å². The number of nitrogens with one attached hydrogen (secondary N) is 1. The van der Waals surface area contributed by atoms with Gasteiger partial charge in [0, 0.05) is 6.20 Å². The molecule has 0 bridgehead atoms. The van der Waals surface area contributed by atoms with Gasteiger partial charge in [-0.3, -0.25) is 4.98 Å². The standard InChI is InChI=1S/C15H24N2/c1-3-10-16-15(13-7-5-8-13)14-12(4-2)9-6-11-17-14/h6,9,11,13,15-16H,3-5,7-8,10H2,1-2H3. The highest BCUT2D eigenvalue weighted by atomic mass is 14.9. The molecule has 17 heavy (non-hydrogen) atoms. The van der Waals surface area contributed by atoms with Crippen molar-refractivity contribution in [1.29, 1.82) is 0 Å². The molecule has 2 heteroatoms. The Labute approximate surface area is 105 Å². The Morgan fingerprint density at radius 1 is 1.41 bits per heavy atom. The van der Waals surface area contributed by atoms with Crippen LogP contribution in [0, 0.1) is 5.92 Å². The third-order valence-electron chi connectivity index (χ3n) is 3.84. The molecule has 2 rings (SSSR count). The Hall–Kier alpha value is -0.890. The van der Waals surface area contributed by atoms with Gasteiger partial charge in [0.15, 0.2) is 0 Å². The number of aryl methyl sites for hydroxylation is 1. The van der Waals surface area contributed by atoms with Gasteiger partial charge in [0.25, 0.3) is 0 Å². The Balaban J connectivity index is 2.17. The lowest BCUT2D eigenvalue weighted by molar-refractivity contribution is 0.227. The molecule has 0 aliphatic heterocycles. The van der Waals surface area contributed by atoms with Gasteiger partial charge in [0.05, 0.1) is 11.7 Å². The minimum atomic E-state index is 0.486.